The minimum atomic E-state index is -0.375. The highest BCUT2D eigenvalue weighted by Crippen LogP contribution is 2.11. The molecule has 0 saturated carbocycles. The average Bonchev–Trinajstić information content (AvgIpc) is 2.60. The second kappa shape index (κ2) is 5.32. The number of rotatable bonds is 4. The van der Waals surface area contributed by atoms with Gasteiger partial charge in [-0.1, -0.05) is 19.8 Å². The number of nitrogens with two attached hydrogens (primary N) is 1. The number of aliphatic hydroxyl groups excluding tert-OH is 1. The molecule has 1 unspecified atom stereocenters. The van der Waals surface area contributed by atoms with Gasteiger partial charge >= 0.3 is 0 Å². The first-order valence-electron chi connectivity index (χ1n) is 5.37. The number of nitrogens with zero attached hydrogens (tertiary/aromatic N) is 1. The predicted molar refractivity (Wildman–Crippen MR) is 54.7 cm³/mol. The quantitative estimate of drug-likeness (QED) is 0.676. The number of carbonyl (C=O) groups excluding carboxylic acids is 1. The fourth-order valence-corrected chi connectivity index (χ4v) is 1.72. The van der Waals surface area contributed by atoms with E-state index in [1.54, 1.807) is 4.90 Å². The maximum Gasteiger partial charge on any atom is 0.239 e. The van der Waals surface area contributed by atoms with Crippen molar-refractivity contribution in [2.24, 2.45) is 5.73 Å². The topological polar surface area (TPSA) is 66.6 Å². The molecule has 2 atom stereocenters. The molecule has 0 aromatic rings. The molecule has 4 nitrogen and oxygen atoms in total. The Morgan fingerprint density at radius 1 is 1.71 bits per heavy atom. The number of β-amino-alcohol motifs (C(OH)–C–C–N with tert-alkyl or cyclic N) is 1. The average molecular weight is 200 g/mol. The molecule has 1 fully saturated rings. The SMILES string of the molecule is CCCC[C@H](N)C(=O)N1CCC(O)C1. The summed E-state index contributed by atoms with van der Waals surface area (Å²) in [6.45, 7) is 3.19. The molecule has 0 radical (unpaired) electrons. The van der Waals surface area contributed by atoms with E-state index in [1.165, 1.54) is 0 Å². The molecule has 0 spiro atoms. The molecular formula is C10H20N2O2. The van der Waals surface area contributed by atoms with Gasteiger partial charge in [0, 0.05) is 13.1 Å². The summed E-state index contributed by atoms with van der Waals surface area (Å²) in [5.41, 5.74) is 5.76. The highest BCUT2D eigenvalue weighted by Gasteiger charge is 2.27. The van der Waals surface area contributed by atoms with Crippen LogP contribution < -0.4 is 5.73 Å². The van der Waals surface area contributed by atoms with Gasteiger partial charge in [-0.3, -0.25) is 4.79 Å². The Bertz CT molecular complexity index is 197. The Hall–Kier alpha value is -0.610. The van der Waals surface area contributed by atoms with Gasteiger partial charge in [-0.15, -0.1) is 0 Å². The van der Waals surface area contributed by atoms with Crippen molar-refractivity contribution in [1.82, 2.24) is 4.90 Å². The zero-order chi connectivity index (χ0) is 10.6. The highest BCUT2D eigenvalue weighted by molar-refractivity contribution is 5.81. The molecular weight excluding hydrogens is 180 g/mol. The largest absolute Gasteiger partial charge is 0.391 e. The van der Waals surface area contributed by atoms with Gasteiger partial charge in [-0.05, 0) is 12.8 Å². The second-order valence-corrected chi connectivity index (χ2v) is 3.98. The van der Waals surface area contributed by atoms with Crippen molar-refractivity contribution < 1.29 is 9.90 Å². The summed E-state index contributed by atoms with van der Waals surface area (Å²) in [4.78, 5) is 13.4. The van der Waals surface area contributed by atoms with E-state index in [4.69, 9.17) is 5.73 Å². The maximum absolute atomic E-state index is 11.7. The lowest BCUT2D eigenvalue weighted by atomic mass is 10.1. The monoisotopic (exact) mass is 200 g/mol. The second-order valence-electron chi connectivity index (χ2n) is 3.98. The fourth-order valence-electron chi connectivity index (χ4n) is 1.72. The van der Waals surface area contributed by atoms with Crippen molar-refractivity contribution >= 4 is 5.91 Å². The molecule has 0 aliphatic carbocycles. The molecule has 14 heavy (non-hydrogen) atoms. The van der Waals surface area contributed by atoms with E-state index in [9.17, 15) is 9.90 Å². The lowest BCUT2D eigenvalue weighted by Gasteiger charge is -2.20. The van der Waals surface area contributed by atoms with E-state index in [1.807, 2.05) is 0 Å². The Kier molecular flexibility index (Phi) is 4.35. The summed E-state index contributed by atoms with van der Waals surface area (Å²) >= 11 is 0. The molecule has 0 bridgehead atoms. The van der Waals surface area contributed by atoms with E-state index in [-0.39, 0.29) is 18.1 Å². The van der Waals surface area contributed by atoms with Crippen LogP contribution in [0, 0.1) is 0 Å². The third-order valence-electron chi connectivity index (χ3n) is 2.66. The Balaban J connectivity index is 2.32. The van der Waals surface area contributed by atoms with E-state index < -0.39 is 0 Å². The first-order valence-corrected chi connectivity index (χ1v) is 5.37. The van der Waals surface area contributed by atoms with E-state index in [0.717, 1.165) is 19.3 Å². The lowest BCUT2D eigenvalue weighted by molar-refractivity contribution is -0.132. The van der Waals surface area contributed by atoms with Gasteiger partial charge < -0.3 is 15.7 Å². The number of likely N-dealkylation sites (tertiary alicyclic amines) is 1. The summed E-state index contributed by atoms with van der Waals surface area (Å²) in [7, 11) is 0. The Morgan fingerprint density at radius 2 is 2.43 bits per heavy atom. The van der Waals surface area contributed by atoms with Crippen LogP contribution in [0.5, 0.6) is 0 Å². The normalized spacial score (nSPS) is 23.9. The third-order valence-corrected chi connectivity index (χ3v) is 2.66. The van der Waals surface area contributed by atoms with E-state index in [0.29, 0.717) is 19.5 Å². The Labute approximate surface area is 85.1 Å². The van der Waals surface area contributed by atoms with Gasteiger partial charge in [0.2, 0.25) is 5.91 Å². The van der Waals surface area contributed by atoms with Crippen molar-refractivity contribution in [3.05, 3.63) is 0 Å². The van der Waals surface area contributed by atoms with Crippen molar-refractivity contribution in [3.8, 4) is 0 Å². The highest BCUT2D eigenvalue weighted by atomic mass is 16.3. The van der Waals surface area contributed by atoms with Crippen LogP contribution in [0.15, 0.2) is 0 Å². The summed E-state index contributed by atoms with van der Waals surface area (Å²) in [6.07, 6.45) is 3.14. The van der Waals surface area contributed by atoms with Gasteiger partial charge in [0.15, 0.2) is 0 Å². The van der Waals surface area contributed by atoms with E-state index in [2.05, 4.69) is 6.92 Å². The molecule has 1 saturated heterocycles. The van der Waals surface area contributed by atoms with Crippen LogP contribution in [0.1, 0.15) is 32.6 Å². The van der Waals surface area contributed by atoms with Crippen LogP contribution in [0.2, 0.25) is 0 Å². The van der Waals surface area contributed by atoms with Gasteiger partial charge in [-0.25, -0.2) is 0 Å². The van der Waals surface area contributed by atoms with Crippen molar-refractivity contribution in [3.63, 3.8) is 0 Å². The van der Waals surface area contributed by atoms with Gasteiger partial charge in [0.1, 0.15) is 0 Å². The smallest absolute Gasteiger partial charge is 0.239 e. The molecule has 1 amide bonds. The fraction of sp³-hybridized carbons (Fsp3) is 0.900. The van der Waals surface area contributed by atoms with Crippen molar-refractivity contribution in [2.75, 3.05) is 13.1 Å². The van der Waals surface area contributed by atoms with E-state index >= 15 is 0 Å². The summed E-state index contributed by atoms with van der Waals surface area (Å²) in [6, 6.07) is -0.375. The first kappa shape index (κ1) is 11.5. The van der Waals surface area contributed by atoms with Gasteiger partial charge in [0.25, 0.3) is 0 Å². The zero-order valence-electron chi connectivity index (χ0n) is 8.78. The minimum Gasteiger partial charge on any atom is -0.391 e. The van der Waals surface area contributed by atoms with Crippen LogP contribution in [0.4, 0.5) is 0 Å². The van der Waals surface area contributed by atoms with Gasteiger partial charge in [-0.2, -0.15) is 0 Å². The number of hydrogen-bond acceptors (Lipinski definition) is 3. The first-order chi connectivity index (χ1) is 6.65. The minimum absolute atomic E-state index is 0.00463. The standard InChI is InChI=1S/C10H20N2O2/c1-2-3-4-9(11)10(14)12-6-5-8(13)7-12/h8-9,13H,2-7,11H2,1H3/t8?,9-/m0/s1. The van der Waals surface area contributed by atoms with Gasteiger partial charge in [0.05, 0.1) is 12.1 Å². The molecule has 82 valence electrons. The number of amides is 1. The number of aliphatic hydroxyl groups is 1. The maximum atomic E-state index is 11.7. The summed E-state index contributed by atoms with van der Waals surface area (Å²) in [5.74, 6) is -0.00463. The summed E-state index contributed by atoms with van der Waals surface area (Å²) in [5, 5.41) is 9.27. The van der Waals surface area contributed by atoms with Crippen molar-refractivity contribution in [2.45, 2.75) is 44.8 Å². The van der Waals surface area contributed by atoms with Crippen LogP contribution in [0.25, 0.3) is 0 Å². The van der Waals surface area contributed by atoms with Crippen LogP contribution in [0.3, 0.4) is 0 Å². The molecule has 4 heteroatoms. The van der Waals surface area contributed by atoms with Crippen LogP contribution >= 0.6 is 0 Å². The number of carbonyl (C=O) groups is 1. The number of unbranched alkanes of at least 4 members (excludes halogenated alkanes) is 1. The van der Waals surface area contributed by atoms with Crippen molar-refractivity contribution in [1.29, 1.82) is 0 Å². The van der Waals surface area contributed by atoms with Crippen LogP contribution in [-0.4, -0.2) is 41.1 Å². The molecule has 1 heterocycles. The summed E-state index contributed by atoms with van der Waals surface area (Å²) < 4.78 is 0. The molecule has 0 aromatic carbocycles. The molecule has 1 aliphatic rings. The molecule has 1 aliphatic heterocycles. The third kappa shape index (κ3) is 2.96. The Morgan fingerprint density at radius 3 is 2.93 bits per heavy atom. The van der Waals surface area contributed by atoms with Crippen LogP contribution in [-0.2, 0) is 4.79 Å². The molecule has 3 N–H and O–H groups in total. The molecule has 1 rings (SSSR count). The zero-order valence-corrected chi connectivity index (χ0v) is 8.78. The lowest BCUT2D eigenvalue weighted by Crippen LogP contribution is -2.42. The molecule has 0 aromatic heterocycles. The number of hydrogen-bond donors (Lipinski definition) is 2. The predicted octanol–water partition coefficient (Wildman–Crippen LogP) is 0.0971.